The van der Waals surface area contributed by atoms with Gasteiger partial charge in [-0.1, -0.05) is 32.9 Å². The maximum Gasteiger partial charge on any atom is 0.238 e. The smallest absolute Gasteiger partial charge is 0.238 e. The molecular weight excluding hydrogens is 264 g/mol. The van der Waals surface area contributed by atoms with Crippen LogP contribution in [0, 0.1) is 0 Å². The highest BCUT2D eigenvalue weighted by atomic mass is 16.3. The van der Waals surface area contributed by atoms with Gasteiger partial charge in [-0.3, -0.25) is 9.69 Å². The number of rotatable bonds is 3. The van der Waals surface area contributed by atoms with Gasteiger partial charge in [0.25, 0.3) is 0 Å². The first-order valence-corrected chi connectivity index (χ1v) is 7.65. The normalized spacial score (nSPS) is 20.3. The third kappa shape index (κ3) is 4.83. The number of β-amino-alcohol motifs (C(OH)–C–C–N with tert-alkyl or cyclic N) is 1. The van der Waals surface area contributed by atoms with Crippen LogP contribution >= 0.6 is 0 Å². The van der Waals surface area contributed by atoms with Crippen molar-refractivity contribution in [2.24, 2.45) is 0 Å². The summed E-state index contributed by atoms with van der Waals surface area (Å²) in [6.07, 6.45) is 1.50. The summed E-state index contributed by atoms with van der Waals surface area (Å²) in [6, 6.07) is 8.01. The second kappa shape index (κ2) is 6.58. The zero-order valence-corrected chi connectivity index (χ0v) is 13.2. The van der Waals surface area contributed by atoms with Crippen LogP contribution in [0.15, 0.2) is 24.3 Å². The number of carbonyl (C=O) groups is 1. The molecule has 1 fully saturated rings. The Morgan fingerprint density at radius 1 is 1.33 bits per heavy atom. The molecule has 1 unspecified atom stereocenters. The molecule has 1 amide bonds. The molecule has 0 saturated carbocycles. The third-order valence-corrected chi connectivity index (χ3v) is 3.88. The van der Waals surface area contributed by atoms with Crippen LogP contribution in [-0.4, -0.2) is 41.7 Å². The number of benzene rings is 1. The van der Waals surface area contributed by atoms with Gasteiger partial charge in [0.1, 0.15) is 0 Å². The minimum absolute atomic E-state index is 0.0207. The van der Waals surface area contributed by atoms with Crippen LogP contribution in [0.25, 0.3) is 0 Å². The quantitative estimate of drug-likeness (QED) is 0.898. The molecule has 0 aliphatic carbocycles. The van der Waals surface area contributed by atoms with Gasteiger partial charge < -0.3 is 10.4 Å². The first kappa shape index (κ1) is 16.0. The van der Waals surface area contributed by atoms with Gasteiger partial charge in [-0.25, -0.2) is 0 Å². The van der Waals surface area contributed by atoms with E-state index >= 15 is 0 Å². The van der Waals surface area contributed by atoms with Gasteiger partial charge >= 0.3 is 0 Å². The van der Waals surface area contributed by atoms with Crippen LogP contribution in [0.4, 0.5) is 5.69 Å². The van der Waals surface area contributed by atoms with Gasteiger partial charge in [0.2, 0.25) is 5.91 Å². The Kier molecular flexibility index (Phi) is 5.01. The maximum atomic E-state index is 12.0. The number of amides is 1. The molecule has 0 radical (unpaired) electrons. The Bertz CT molecular complexity index is 477. The van der Waals surface area contributed by atoms with E-state index in [4.69, 9.17) is 0 Å². The van der Waals surface area contributed by atoms with Gasteiger partial charge in [-0.2, -0.15) is 0 Å². The summed E-state index contributed by atoms with van der Waals surface area (Å²) in [4.78, 5) is 14.0. The van der Waals surface area contributed by atoms with Crippen LogP contribution < -0.4 is 5.32 Å². The summed E-state index contributed by atoms with van der Waals surface area (Å²) in [6.45, 7) is 8.33. The van der Waals surface area contributed by atoms with Crippen molar-refractivity contribution >= 4 is 11.6 Å². The van der Waals surface area contributed by atoms with Crippen molar-refractivity contribution in [2.45, 2.75) is 45.1 Å². The van der Waals surface area contributed by atoms with Crippen molar-refractivity contribution in [3.63, 3.8) is 0 Å². The fourth-order valence-electron chi connectivity index (χ4n) is 2.63. The summed E-state index contributed by atoms with van der Waals surface area (Å²) in [5.41, 5.74) is 2.19. The van der Waals surface area contributed by atoms with E-state index < -0.39 is 0 Å². The van der Waals surface area contributed by atoms with Crippen LogP contribution in [0.5, 0.6) is 0 Å². The molecule has 21 heavy (non-hydrogen) atoms. The molecule has 1 aromatic rings. The predicted octanol–water partition coefficient (Wildman–Crippen LogP) is 2.38. The molecule has 1 heterocycles. The molecule has 1 atom stereocenters. The lowest BCUT2D eigenvalue weighted by Crippen LogP contribution is -2.42. The molecule has 0 spiro atoms. The number of carbonyl (C=O) groups excluding carboxylic acids is 1. The lowest BCUT2D eigenvalue weighted by molar-refractivity contribution is -0.118. The number of hydrogen-bond donors (Lipinski definition) is 2. The van der Waals surface area contributed by atoms with Crippen molar-refractivity contribution in [1.29, 1.82) is 0 Å². The fraction of sp³-hybridized carbons (Fsp3) is 0.588. The van der Waals surface area contributed by atoms with E-state index in [0.717, 1.165) is 25.1 Å². The molecule has 4 nitrogen and oxygen atoms in total. The lowest BCUT2D eigenvalue weighted by Gasteiger charge is -2.29. The number of aliphatic hydroxyl groups is 1. The maximum absolute atomic E-state index is 12.0. The molecule has 1 aromatic carbocycles. The molecule has 1 aliphatic heterocycles. The van der Waals surface area contributed by atoms with E-state index in [1.165, 1.54) is 5.56 Å². The first-order valence-electron chi connectivity index (χ1n) is 7.65. The van der Waals surface area contributed by atoms with Crippen LogP contribution in [0.3, 0.4) is 0 Å². The van der Waals surface area contributed by atoms with E-state index in [1.54, 1.807) is 0 Å². The van der Waals surface area contributed by atoms with Crippen molar-refractivity contribution in [2.75, 3.05) is 25.0 Å². The number of aliphatic hydroxyl groups excluding tert-OH is 1. The summed E-state index contributed by atoms with van der Waals surface area (Å²) in [7, 11) is 0. The van der Waals surface area contributed by atoms with E-state index in [0.29, 0.717) is 13.1 Å². The van der Waals surface area contributed by atoms with Gasteiger partial charge in [-0.05, 0) is 42.5 Å². The minimum Gasteiger partial charge on any atom is -0.392 e. The van der Waals surface area contributed by atoms with Crippen LogP contribution in [0.2, 0.25) is 0 Å². The number of anilines is 1. The van der Waals surface area contributed by atoms with E-state index in [-0.39, 0.29) is 17.4 Å². The monoisotopic (exact) mass is 290 g/mol. The number of hydrogen-bond acceptors (Lipinski definition) is 3. The Hall–Kier alpha value is -1.39. The van der Waals surface area contributed by atoms with E-state index in [1.807, 2.05) is 17.0 Å². The molecule has 0 bridgehead atoms. The molecule has 4 heteroatoms. The van der Waals surface area contributed by atoms with E-state index in [9.17, 15) is 9.90 Å². The molecule has 0 aromatic heterocycles. The average Bonchev–Trinajstić information content (AvgIpc) is 2.38. The van der Waals surface area contributed by atoms with Crippen molar-refractivity contribution < 1.29 is 9.90 Å². The number of piperidine rings is 1. The van der Waals surface area contributed by atoms with Gasteiger partial charge in [-0.15, -0.1) is 0 Å². The molecule has 1 saturated heterocycles. The minimum atomic E-state index is -0.294. The summed E-state index contributed by atoms with van der Waals surface area (Å²) in [5.74, 6) is -0.0207. The van der Waals surface area contributed by atoms with Crippen LogP contribution in [-0.2, 0) is 10.2 Å². The highest BCUT2D eigenvalue weighted by Crippen LogP contribution is 2.23. The van der Waals surface area contributed by atoms with Crippen molar-refractivity contribution in [3.05, 3.63) is 29.8 Å². The zero-order valence-electron chi connectivity index (χ0n) is 13.2. The van der Waals surface area contributed by atoms with Crippen LogP contribution in [0.1, 0.15) is 39.2 Å². The summed E-state index contributed by atoms with van der Waals surface area (Å²) < 4.78 is 0. The Morgan fingerprint density at radius 3 is 2.57 bits per heavy atom. The Morgan fingerprint density at radius 2 is 2.00 bits per heavy atom. The molecule has 116 valence electrons. The highest BCUT2D eigenvalue weighted by molar-refractivity contribution is 5.92. The fourth-order valence-corrected chi connectivity index (χ4v) is 2.63. The number of likely N-dealkylation sites (tertiary alicyclic amines) is 1. The topological polar surface area (TPSA) is 52.6 Å². The lowest BCUT2D eigenvalue weighted by atomic mass is 9.87. The largest absolute Gasteiger partial charge is 0.392 e. The highest BCUT2D eigenvalue weighted by Gasteiger charge is 2.19. The number of nitrogens with one attached hydrogen (secondary N) is 1. The SMILES string of the molecule is CC(C)(C)c1ccc(NC(=O)CN2CCCC(O)C2)cc1. The zero-order chi connectivity index (χ0) is 15.5. The standard InChI is InChI=1S/C17H26N2O2/c1-17(2,3)13-6-8-14(9-7-13)18-16(21)12-19-10-4-5-15(20)11-19/h6-9,15,20H,4-5,10-12H2,1-3H3,(H,18,21). The van der Waals surface area contributed by atoms with E-state index in [2.05, 4.69) is 38.2 Å². The first-order chi connectivity index (χ1) is 9.84. The van der Waals surface area contributed by atoms with Crippen molar-refractivity contribution in [3.8, 4) is 0 Å². The van der Waals surface area contributed by atoms with Gasteiger partial charge in [0.05, 0.1) is 12.6 Å². The molecule has 2 N–H and O–H groups in total. The summed E-state index contributed by atoms with van der Waals surface area (Å²) >= 11 is 0. The molecular formula is C17H26N2O2. The second-order valence-electron chi connectivity index (χ2n) is 6.91. The molecule has 2 rings (SSSR count). The van der Waals surface area contributed by atoms with Crippen molar-refractivity contribution in [1.82, 2.24) is 4.90 Å². The van der Waals surface area contributed by atoms with Gasteiger partial charge in [0, 0.05) is 12.2 Å². The van der Waals surface area contributed by atoms with Gasteiger partial charge in [0.15, 0.2) is 0 Å². The number of nitrogens with zero attached hydrogens (tertiary/aromatic N) is 1. The Balaban J connectivity index is 1.87. The third-order valence-electron chi connectivity index (χ3n) is 3.88. The average molecular weight is 290 g/mol. The second-order valence-corrected chi connectivity index (χ2v) is 6.91. The Labute approximate surface area is 127 Å². The summed E-state index contributed by atoms with van der Waals surface area (Å²) in [5, 5.41) is 12.5. The molecule has 1 aliphatic rings. The predicted molar refractivity (Wildman–Crippen MR) is 85.5 cm³/mol.